The van der Waals surface area contributed by atoms with E-state index < -0.39 is 0 Å². The molecule has 1 aliphatic carbocycles. The van der Waals surface area contributed by atoms with Gasteiger partial charge in [-0.25, -0.2) is 0 Å². The molecule has 0 heterocycles. The van der Waals surface area contributed by atoms with Crippen LogP contribution in [-0.4, -0.2) is 6.10 Å². The van der Waals surface area contributed by atoms with Crippen molar-refractivity contribution in [1.82, 2.24) is 0 Å². The standard InChI is InChI=1S/C14H20INO/c1-2-10-5-3-4-6-13(10)17-14-8-7-11(15)9-12(14)16/h7-10,13H,2-6,16H2,1H3. The summed E-state index contributed by atoms with van der Waals surface area (Å²) in [6.07, 6.45) is 6.66. The fourth-order valence-electron chi connectivity index (χ4n) is 2.59. The average molecular weight is 345 g/mol. The van der Waals surface area contributed by atoms with Gasteiger partial charge in [0.2, 0.25) is 0 Å². The first-order valence-corrected chi connectivity index (χ1v) is 7.50. The minimum atomic E-state index is 0.358. The average Bonchev–Trinajstić information content (AvgIpc) is 2.33. The van der Waals surface area contributed by atoms with E-state index in [9.17, 15) is 0 Å². The molecule has 2 rings (SSSR count). The van der Waals surface area contributed by atoms with Crippen LogP contribution in [0.2, 0.25) is 0 Å². The SMILES string of the molecule is CCC1CCCCC1Oc1ccc(I)cc1N. The minimum Gasteiger partial charge on any atom is -0.488 e. The summed E-state index contributed by atoms with van der Waals surface area (Å²) in [7, 11) is 0. The summed E-state index contributed by atoms with van der Waals surface area (Å²) >= 11 is 2.27. The lowest BCUT2D eigenvalue weighted by atomic mass is 9.85. The highest BCUT2D eigenvalue weighted by molar-refractivity contribution is 14.1. The number of benzene rings is 1. The highest BCUT2D eigenvalue weighted by Gasteiger charge is 2.25. The lowest BCUT2D eigenvalue weighted by molar-refractivity contribution is 0.0911. The summed E-state index contributed by atoms with van der Waals surface area (Å²) in [4.78, 5) is 0. The van der Waals surface area contributed by atoms with Gasteiger partial charge in [-0.1, -0.05) is 13.3 Å². The summed E-state index contributed by atoms with van der Waals surface area (Å²) in [5, 5.41) is 0. The molecular weight excluding hydrogens is 325 g/mol. The summed E-state index contributed by atoms with van der Waals surface area (Å²) in [5.41, 5.74) is 6.76. The van der Waals surface area contributed by atoms with Gasteiger partial charge in [0, 0.05) is 3.57 Å². The van der Waals surface area contributed by atoms with E-state index in [4.69, 9.17) is 10.5 Å². The maximum Gasteiger partial charge on any atom is 0.142 e. The van der Waals surface area contributed by atoms with Crippen LogP contribution >= 0.6 is 22.6 Å². The van der Waals surface area contributed by atoms with Gasteiger partial charge in [0.05, 0.1) is 5.69 Å². The minimum absolute atomic E-state index is 0.358. The predicted octanol–water partition coefficient (Wildman–Crippen LogP) is 4.22. The Kier molecular flexibility index (Phi) is 4.54. The fraction of sp³-hybridized carbons (Fsp3) is 0.571. The van der Waals surface area contributed by atoms with E-state index in [1.807, 2.05) is 12.1 Å². The van der Waals surface area contributed by atoms with Crippen LogP contribution in [0.5, 0.6) is 5.75 Å². The van der Waals surface area contributed by atoms with E-state index in [1.54, 1.807) is 0 Å². The van der Waals surface area contributed by atoms with E-state index in [0.717, 1.165) is 15.0 Å². The van der Waals surface area contributed by atoms with Gasteiger partial charge >= 0.3 is 0 Å². The number of anilines is 1. The molecule has 94 valence electrons. The fourth-order valence-corrected chi connectivity index (χ4v) is 3.10. The molecule has 1 fully saturated rings. The van der Waals surface area contributed by atoms with Crippen LogP contribution in [0.15, 0.2) is 18.2 Å². The van der Waals surface area contributed by atoms with Crippen molar-refractivity contribution in [3.8, 4) is 5.75 Å². The van der Waals surface area contributed by atoms with Gasteiger partial charge in [0.15, 0.2) is 0 Å². The van der Waals surface area contributed by atoms with Crippen molar-refractivity contribution in [3.63, 3.8) is 0 Å². The molecule has 1 aliphatic rings. The third-order valence-corrected chi connectivity index (χ3v) is 4.28. The molecule has 17 heavy (non-hydrogen) atoms. The van der Waals surface area contributed by atoms with Gasteiger partial charge in [-0.15, -0.1) is 0 Å². The first-order chi connectivity index (χ1) is 8.20. The van der Waals surface area contributed by atoms with Crippen molar-refractivity contribution < 1.29 is 4.74 Å². The van der Waals surface area contributed by atoms with Crippen molar-refractivity contribution in [1.29, 1.82) is 0 Å². The Morgan fingerprint density at radius 1 is 1.35 bits per heavy atom. The second-order valence-electron chi connectivity index (χ2n) is 4.79. The van der Waals surface area contributed by atoms with Crippen molar-refractivity contribution >= 4 is 28.3 Å². The van der Waals surface area contributed by atoms with Crippen LogP contribution in [-0.2, 0) is 0 Å². The third-order valence-electron chi connectivity index (χ3n) is 3.61. The zero-order chi connectivity index (χ0) is 12.3. The van der Waals surface area contributed by atoms with E-state index in [-0.39, 0.29) is 0 Å². The summed E-state index contributed by atoms with van der Waals surface area (Å²) in [5.74, 6) is 1.55. The number of hydrogen-bond acceptors (Lipinski definition) is 2. The Labute approximate surface area is 117 Å². The number of nitrogen functional groups attached to an aromatic ring is 1. The second kappa shape index (κ2) is 5.94. The molecule has 1 aromatic rings. The maximum absolute atomic E-state index is 6.12. The zero-order valence-corrected chi connectivity index (χ0v) is 12.4. The molecule has 2 unspecified atom stereocenters. The molecule has 0 aliphatic heterocycles. The molecule has 1 saturated carbocycles. The number of nitrogens with two attached hydrogens (primary N) is 1. The highest BCUT2D eigenvalue weighted by atomic mass is 127. The molecule has 0 radical (unpaired) electrons. The largest absolute Gasteiger partial charge is 0.488 e. The Morgan fingerprint density at radius 3 is 2.82 bits per heavy atom. The van der Waals surface area contributed by atoms with Crippen LogP contribution in [0, 0.1) is 9.49 Å². The third kappa shape index (κ3) is 3.27. The Morgan fingerprint density at radius 2 is 2.12 bits per heavy atom. The summed E-state index contributed by atoms with van der Waals surface area (Å²) < 4.78 is 7.27. The summed E-state index contributed by atoms with van der Waals surface area (Å²) in [6, 6.07) is 6.02. The zero-order valence-electron chi connectivity index (χ0n) is 10.3. The van der Waals surface area contributed by atoms with E-state index >= 15 is 0 Å². The summed E-state index contributed by atoms with van der Waals surface area (Å²) in [6.45, 7) is 2.25. The van der Waals surface area contributed by atoms with Gasteiger partial charge in [0.25, 0.3) is 0 Å². The Hall–Kier alpha value is -0.450. The molecule has 0 spiro atoms. The molecule has 0 saturated heterocycles. The highest BCUT2D eigenvalue weighted by Crippen LogP contribution is 2.32. The van der Waals surface area contributed by atoms with E-state index in [1.165, 1.54) is 32.1 Å². The van der Waals surface area contributed by atoms with Crippen LogP contribution < -0.4 is 10.5 Å². The van der Waals surface area contributed by atoms with Gasteiger partial charge in [0.1, 0.15) is 11.9 Å². The van der Waals surface area contributed by atoms with Crippen LogP contribution in [0.1, 0.15) is 39.0 Å². The van der Waals surface area contributed by atoms with E-state index in [0.29, 0.717) is 12.0 Å². The van der Waals surface area contributed by atoms with Gasteiger partial charge in [-0.2, -0.15) is 0 Å². The molecular formula is C14H20INO. The lowest BCUT2D eigenvalue weighted by Crippen LogP contribution is -2.30. The first kappa shape index (κ1) is 13.0. The topological polar surface area (TPSA) is 35.2 Å². The lowest BCUT2D eigenvalue weighted by Gasteiger charge is -2.31. The molecule has 0 aromatic heterocycles. The Balaban J connectivity index is 2.08. The molecule has 0 amide bonds. The maximum atomic E-state index is 6.12. The van der Waals surface area contributed by atoms with Crippen LogP contribution in [0.4, 0.5) is 5.69 Å². The quantitative estimate of drug-likeness (QED) is 0.658. The Bertz CT molecular complexity index is 380. The molecule has 2 atom stereocenters. The molecule has 0 bridgehead atoms. The monoisotopic (exact) mass is 345 g/mol. The van der Waals surface area contributed by atoms with Crippen molar-refractivity contribution in [2.45, 2.75) is 45.1 Å². The number of ether oxygens (including phenoxy) is 1. The molecule has 2 nitrogen and oxygen atoms in total. The molecule has 1 aromatic carbocycles. The van der Waals surface area contributed by atoms with E-state index in [2.05, 4.69) is 35.6 Å². The van der Waals surface area contributed by atoms with Crippen molar-refractivity contribution in [2.75, 3.05) is 5.73 Å². The van der Waals surface area contributed by atoms with Crippen molar-refractivity contribution in [2.24, 2.45) is 5.92 Å². The second-order valence-corrected chi connectivity index (χ2v) is 6.04. The molecule has 2 N–H and O–H groups in total. The van der Waals surface area contributed by atoms with Gasteiger partial charge < -0.3 is 10.5 Å². The first-order valence-electron chi connectivity index (χ1n) is 6.42. The van der Waals surface area contributed by atoms with Crippen molar-refractivity contribution in [3.05, 3.63) is 21.8 Å². The van der Waals surface area contributed by atoms with Gasteiger partial charge in [-0.3, -0.25) is 0 Å². The number of rotatable bonds is 3. The predicted molar refractivity (Wildman–Crippen MR) is 80.2 cm³/mol. The van der Waals surface area contributed by atoms with Gasteiger partial charge in [-0.05, 0) is 72.4 Å². The molecule has 3 heteroatoms. The van der Waals surface area contributed by atoms with Crippen LogP contribution in [0.3, 0.4) is 0 Å². The van der Waals surface area contributed by atoms with Crippen LogP contribution in [0.25, 0.3) is 0 Å². The normalized spacial score (nSPS) is 24.6. The smallest absolute Gasteiger partial charge is 0.142 e. The number of halogens is 1. The number of hydrogen-bond donors (Lipinski definition) is 1.